The lowest BCUT2D eigenvalue weighted by molar-refractivity contribution is 0.414. The minimum Gasteiger partial charge on any atom is -0.497 e. The fourth-order valence-electron chi connectivity index (χ4n) is 1.90. The summed E-state index contributed by atoms with van der Waals surface area (Å²) in [5.41, 5.74) is 7.43. The molecule has 0 fully saturated rings. The smallest absolute Gasteiger partial charge is 0.118 e. The highest BCUT2D eigenvalue weighted by atomic mass is 35.5. The molecule has 0 radical (unpaired) electrons. The lowest BCUT2D eigenvalue weighted by Crippen LogP contribution is -2.20. The van der Waals surface area contributed by atoms with Gasteiger partial charge in [0, 0.05) is 21.2 Å². The van der Waals surface area contributed by atoms with E-state index in [9.17, 15) is 0 Å². The molecule has 2 N–H and O–H groups in total. The van der Waals surface area contributed by atoms with E-state index < -0.39 is 0 Å². The molecule has 2 atom stereocenters. The minimum atomic E-state index is -0.0263. The van der Waals surface area contributed by atoms with Crippen molar-refractivity contribution >= 4 is 23.4 Å². The van der Waals surface area contributed by atoms with E-state index >= 15 is 0 Å². The molecular formula is C16H18ClNOS. The molecule has 0 aliphatic carbocycles. The maximum absolute atomic E-state index is 6.32. The van der Waals surface area contributed by atoms with Crippen molar-refractivity contribution in [2.24, 2.45) is 5.73 Å². The normalized spacial score (nSPS) is 13.8. The van der Waals surface area contributed by atoms with Gasteiger partial charge >= 0.3 is 0 Å². The van der Waals surface area contributed by atoms with Gasteiger partial charge in [-0.2, -0.15) is 0 Å². The molecular weight excluding hydrogens is 290 g/mol. The molecule has 4 heteroatoms. The maximum Gasteiger partial charge on any atom is 0.118 e. The molecule has 0 bridgehead atoms. The number of rotatable bonds is 5. The SMILES string of the molecule is COc1ccc(C(N)C(C)Sc2ccc(Cl)cc2)cc1. The van der Waals surface area contributed by atoms with Gasteiger partial charge in [0.1, 0.15) is 5.75 Å². The second kappa shape index (κ2) is 7.02. The molecule has 2 aromatic rings. The number of nitrogens with two attached hydrogens (primary N) is 1. The van der Waals surface area contributed by atoms with E-state index in [0.29, 0.717) is 0 Å². The summed E-state index contributed by atoms with van der Waals surface area (Å²) in [6, 6.07) is 15.7. The molecule has 0 saturated carbocycles. The van der Waals surface area contributed by atoms with Crippen LogP contribution in [-0.4, -0.2) is 12.4 Å². The Morgan fingerprint density at radius 3 is 2.20 bits per heavy atom. The van der Waals surface area contributed by atoms with Crippen LogP contribution in [0.2, 0.25) is 5.02 Å². The molecule has 106 valence electrons. The Kier molecular flexibility index (Phi) is 5.35. The number of benzene rings is 2. The zero-order valence-electron chi connectivity index (χ0n) is 11.5. The molecule has 0 aromatic heterocycles. The van der Waals surface area contributed by atoms with Crippen molar-refractivity contribution < 1.29 is 4.74 Å². The van der Waals surface area contributed by atoms with Crippen molar-refractivity contribution in [3.8, 4) is 5.75 Å². The number of ether oxygens (including phenoxy) is 1. The third kappa shape index (κ3) is 3.92. The Morgan fingerprint density at radius 2 is 1.65 bits per heavy atom. The van der Waals surface area contributed by atoms with Gasteiger partial charge in [-0.05, 0) is 42.0 Å². The highest BCUT2D eigenvalue weighted by molar-refractivity contribution is 8.00. The monoisotopic (exact) mass is 307 g/mol. The van der Waals surface area contributed by atoms with Crippen molar-refractivity contribution in [3.05, 3.63) is 59.1 Å². The lowest BCUT2D eigenvalue weighted by atomic mass is 10.1. The summed E-state index contributed by atoms with van der Waals surface area (Å²) < 4.78 is 5.16. The fourth-order valence-corrected chi connectivity index (χ4v) is 3.05. The minimum absolute atomic E-state index is 0.0263. The van der Waals surface area contributed by atoms with E-state index in [4.69, 9.17) is 22.1 Å². The van der Waals surface area contributed by atoms with Gasteiger partial charge in [0.15, 0.2) is 0 Å². The molecule has 0 heterocycles. The maximum atomic E-state index is 6.32. The van der Waals surface area contributed by atoms with Gasteiger partial charge < -0.3 is 10.5 Å². The van der Waals surface area contributed by atoms with Crippen LogP contribution in [-0.2, 0) is 0 Å². The summed E-state index contributed by atoms with van der Waals surface area (Å²) in [6.07, 6.45) is 0. The summed E-state index contributed by atoms with van der Waals surface area (Å²) in [6.45, 7) is 2.13. The molecule has 2 aromatic carbocycles. The molecule has 0 spiro atoms. The van der Waals surface area contributed by atoms with Gasteiger partial charge in [-0.1, -0.05) is 30.7 Å². The standard InChI is InChI=1S/C16H18ClNOS/c1-11(20-15-9-5-13(17)6-10-15)16(18)12-3-7-14(19-2)8-4-12/h3-11,16H,18H2,1-2H3. The Hall–Kier alpha value is -1.16. The van der Waals surface area contributed by atoms with Crippen LogP contribution in [0.3, 0.4) is 0 Å². The number of hydrogen-bond acceptors (Lipinski definition) is 3. The van der Waals surface area contributed by atoms with Gasteiger partial charge in [0.25, 0.3) is 0 Å². The third-order valence-corrected chi connectivity index (χ3v) is 4.60. The van der Waals surface area contributed by atoms with Gasteiger partial charge in [-0.3, -0.25) is 0 Å². The van der Waals surface area contributed by atoms with Gasteiger partial charge in [0.2, 0.25) is 0 Å². The van der Waals surface area contributed by atoms with E-state index in [1.54, 1.807) is 18.9 Å². The number of hydrogen-bond donors (Lipinski definition) is 1. The van der Waals surface area contributed by atoms with Crippen molar-refractivity contribution in [2.75, 3.05) is 7.11 Å². The highest BCUT2D eigenvalue weighted by Gasteiger charge is 2.16. The summed E-state index contributed by atoms with van der Waals surface area (Å²) >= 11 is 7.64. The van der Waals surface area contributed by atoms with E-state index in [0.717, 1.165) is 16.3 Å². The second-order valence-corrected chi connectivity index (χ2v) is 6.46. The Balaban J connectivity index is 2.03. The first kappa shape index (κ1) is 15.2. The number of methoxy groups -OCH3 is 1. The Bertz CT molecular complexity index is 541. The molecule has 0 amide bonds. The van der Waals surface area contributed by atoms with Crippen LogP contribution in [0.25, 0.3) is 0 Å². The molecule has 0 aliphatic rings. The summed E-state index contributed by atoms with van der Waals surface area (Å²) in [5.74, 6) is 0.846. The largest absolute Gasteiger partial charge is 0.497 e. The van der Waals surface area contributed by atoms with Crippen LogP contribution >= 0.6 is 23.4 Å². The van der Waals surface area contributed by atoms with E-state index in [1.165, 1.54) is 4.90 Å². The van der Waals surface area contributed by atoms with E-state index in [2.05, 4.69) is 6.92 Å². The first-order valence-corrected chi connectivity index (χ1v) is 7.67. The third-order valence-electron chi connectivity index (χ3n) is 3.14. The first-order valence-electron chi connectivity index (χ1n) is 6.42. The van der Waals surface area contributed by atoms with E-state index in [-0.39, 0.29) is 11.3 Å². The average Bonchev–Trinajstić information content (AvgIpc) is 2.49. The average molecular weight is 308 g/mol. The number of halogens is 1. The predicted octanol–water partition coefficient (Wildman–Crippen LogP) is 4.53. The molecule has 0 aliphatic heterocycles. The molecule has 2 nitrogen and oxygen atoms in total. The zero-order valence-corrected chi connectivity index (χ0v) is 13.1. The topological polar surface area (TPSA) is 35.2 Å². The van der Waals surface area contributed by atoms with Gasteiger partial charge in [-0.15, -0.1) is 11.8 Å². The van der Waals surface area contributed by atoms with E-state index in [1.807, 2.05) is 48.5 Å². The molecule has 2 unspecified atom stereocenters. The summed E-state index contributed by atoms with van der Waals surface area (Å²) in [4.78, 5) is 1.17. The van der Waals surface area contributed by atoms with Crippen LogP contribution in [0, 0.1) is 0 Å². The molecule has 2 rings (SSSR count). The summed E-state index contributed by atoms with van der Waals surface area (Å²) in [5, 5.41) is 1.02. The van der Waals surface area contributed by atoms with Crippen LogP contribution in [0.15, 0.2) is 53.4 Å². The fraction of sp³-hybridized carbons (Fsp3) is 0.250. The van der Waals surface area contributed by atoms with Crippen molar-refractivity contribution in [1.29, 1.82) is 0 Å². The van der Waals surface area contributed by atoms with Crippen LogP contribution < -0.4 is 10.5 Å². The van der Waals surface area contributed by atoms with Crippen molar-refractivity contribution in [2.45, 2.75) is 23.1 Å². The van der Waals surface area contributed by atoms with Crippen molar-refractivity contribution in [1.82, 2.24) is 0 Å². The highest BCUT2D eigenvalue weighted by Crippen LogP contribution is 2.31. The first-order chi connectivity index (χ1) is 9.60. The lowest BCUT2D eigenvalue weighted by Gasteiger charge is -2.20. The molecule has 20 heavy (non-hydrogen) atoms. The van der Waals surface area contributed by atoms with Gasteiger partial charge in [0.05, 0.1) is 7.11 Å². The zero-order chi connectivity index (χ0) is 14.5. The Labute approximate surface area is 129 Å². The van der Waals surface area contributed by atoms with Crippen LogP contribution in [0.5, 0.6) is 5.75 Å². The Morgan fingerprint density at radius 1 is 1.05 bits per heavy atom. The van der Waals surface area contributed by atoms with Crippen LogP contribution in [0.4, 0.5) is 0 Å². The summed E-state index contributed by atoms with van der Waals surface area (Å²) in [7, 11) is 1.66. The second-order valence-electron chi connectivity index (χ2n) is 4.58. The van der Waals surface area contributed by atoms with Crippen molar-refractivity contribution in [3.63, 3.8) is 0 Å². The van der Waals surface area contributed by atoms with Gasteiger partial charge in [-0.25, -0.2) is 0 Å². The van der Waals surface area contributed by atoms with Crippen LogP contribution in [0.1, 0.15) is 18.5 Å². The molecule has 0 saturated heterocycles. The number of thioether (sulfide) groups is 1. The quantitative estimate of drug-likeness (QED) is 0.824. The predicted molar refractivity (Wildman–Crippen MR) is 86.7 cm³/mol.